The SMILES string of the molecule is Cc1ccc(-c2cnc(-c3ccccc3C(=O)NCCCN(C)C)o2)cc1. The standard InChI is InChI=1S/C22H25N3O2/c1-16-9-11-17(12-10-16)20-15-24-22(27-20)19-8-5-4-7-18(19)21(26)23-13-6-14-25(2)3/h4-5,7-12,15H,6,13-14H2,1-3H3,(H,23,26). The molecule has 5 heteroatoms. The van der Waals surface area contributed by atoms with Gasteiger partial charge in [-0.2, -0.15) is 0 Å². The number of aromatic nitrogens is 1. The average Bonchev–Trinajstić information content (AvgIpc) is 3.15. The maximum Gasteiger partial charge on any atom is 0.252 e. The van der Waals surface area contributed by atoms with Gasteiger partial charge in [-0.15, -0.1) is 0 Å². The van der Waals surface area contributed by atoms with E-state index < -0.39 is 0 Å². The summed E-state index contributed by atoms with van der Waals surface area (Å²) in [6.45, 7) is 3.61. The van der Waals surface area contributed by atoms with E-state index in [1.165, 1.54) is 5.56 Å². The third-order valence-electron chi connectivity index (χ3n) is 4.31. The van der Waals surface area contributed by atoms with Gasteiger partial charge < -0.3 is 14.6 Å². The fourth-order valence-corrected chi connectivity index (χ4v) is 2.81. The highest BCUT2D eigenvalue weighted by Crippen LogP contribution is 2.28. The molecule has 0 radical (unpaired) electrons. The molecule has 3 rings (SSSR count). The van der Waals surface area contributed by atoms with E-state index in [1.54, 1.807) is 12.3 Å². The van der Waals surface area contributed by atoms with Gasteiger partial charge in [-0.25, -0.2) is 4.98 Å². The van der Waals surface area contributed by atoms with Gasteiger partial charge in [0.1, 0.15) is 0 Å². The Hall–Kier alpha value is -2.92. The van der Waals surface area contributed by atoms with Crippen LogP contribution >= 0.6 is 0 Å². The number of amides is 1. The predicted molar refractivity (Wildman–Crippen MR) is 108 cm³/mol. The first-order chi connectivity index (χ1) is 13.0. The van der Waals surface area contributed by atoms with Crippen molar-refractivity contribution in [2.75, 3.05) is 27.2 Å². The van der Waals surface area contributed by atoms with Crippen LogP contribution in [0, 0.1) is 6.92 Å². The lowest BCUT2D eigenvalue weighted by Crippen LogP contribution is -2.27. The summed E-state index contributed by atoms with van der Waals surface area (Å²) in [6, 6.07) is 15.5. The smallest absolute Gasteiger partial charge is 0.252 e. The fourth-order valence-electron chi connectivity index (χ4n) is 2.81. The van der Waals surface area contributed by atoms with Gasteiger partial charge in [0, 0.05) is 17.7 Å². The van der Waals surface area contributed by atoms with Crippen molar-refractivity contribution < 1.29 is 9.21 Å². The molecule has 140 valence electrons. The Balaban J connectivity index is 1.78. The summed E-state index contributed by atoms with van der Waals surface area (Å²) in [7, 11) is 4.04. The Bertz CT molecular complexity index is 898. The first-order valence-electron chi connectivity index (χ1n) is 9.10. The molecule has 1 N–H and O–H groups in total. The Kier molecular flexibility index (Phi) is 6.04. The number of hydrogen-bond acceptors (Lipinski definition) is 4. The zero-order valence-corrected chi connectivity index (χ0v) is 16.0. The molecular formula is C22H25N3O2. The first kappa shape index (κ1) is 18.9. The van der Waals surface area contributed by atoms with Crippen LogP contribution in [0.2, 0.25) is 0 Å². The number of nitrogens with one attached hydrogen (secondary N) is 1. The maximum atomic E-state index is 12.6. The van der Waals surface area contributed by atoms with Gasteiger partial charge in [-0.3, -0.25) is 4.79 Å². The molecule has 0 saturated heterocycles. The molecule has 0 aliphatic rings. The van der Waals surface area contributed by atoms with Gasteiger partial charge >= 0.3 is 0 Å². The van der Waals surface area contributed by atoms with Crippen LogP contribution in [-0.2, 0) is 0 Å². The van der Waals surface area contributed by atoms with E-state index in [1.807, 2.05) is 63.5 Å². The van der Waals surface area contributed by atoms with E-state index in [-0.39, 0.29) is 5.91 Å². The second-order valence-corrected chi connectivity index (χ2v) is 6.85. The van der Waals surface area contributed by atoms with Crippen molar-refractivity contribution >= 4 is 5.91 Å². The summed E-state index contributed by atoms with van der Waals surface area (Å²) in [5.41, 5.74) is 3.42. The van der Waals surface area contributed by atoms with Gasteiger partial charge in [0.15, 0.2) is 5.76 Å². The largest absolute Gasteiger partial charge is 0.436 e. The molecule has 2 aromatic carbocycles. The zero-order chi connectivity index (χ0) is 19.2. The number of rotatable bonds is 7. The Morgan fingerprint density at radius 1 is 1.11 bits per heavy atom. The number of nitrogens with zero attached hydrogens (tertiary/aromatic N) is 2. The molecule has 0 unspecified atom stereocenters. The molecule has 0 aliphatic heterocycles. The fraction of sp³-hybridized carbons (Fsp3) is 0.273. The lowest BCUT2D eigenvalue weighted by molar-refractivity contribution is 0.0952. The highest BCUT2D eigenvalue weighted by Gasteiger charge is 2.16. The number of oxazole rings is 1. The molecule has 27 heavy (non-hydrogen) atoms. The average molecular weight is 363 g/mol. The molecule has 1 aromatic heterocycles. The van der Waals surface area contributed by atoms with E-state index >= 15 is 0 Å². The van der Waals surface area contributed by atoms with Crippen LogP contribution in [0.25, 0.3) is 22.8 Å². The van der Waals surface area contributed by atoms with Gasteiger partial charge in [0.2, 0.25) is 5.89 Å². The Morgan fingerprint density at radius 3 is 2.59 bits per heavy atom. The van der Waals surface area contributed by atoms with Gasteiger partial charge in [-0.1, -0.05) is 42.0 Å². The van der Waals surface area contributed by atoms with Crippen LogP contribution in [-0.4, -0.2) is 43.0 Å². The molecule has 3 aromatic rings. The molecule has 0 fully saturated rings. The number of benzene rings is 2. The number of hydrogen-bond donors (Lipinski definition) is 1. The van der Waals surface area contributed by atoms with Crippen molar-refractivity contribution in [3.8, 4) is 22.8 Å². The summed E-state index contributed by atoms with van der Waals surface area (Å²) >= 11 is 0. The third-order valence-corrected chi connectivity index (χ3v) is 4.31. The Morgan fingerprint density at radius 2 is 1.85 bits per heavy atom. The van der Waals surface area contributed by atoms with Crippen LogP contribution < -0.4 is 5.32 Å². The molecular weight excluding hydrogens is 338 g/mol. The highest BCUT2D eigenvalue weighted by atomic mass is 16.4. The predicted octanol–water partition coefficient (Wildman–Crippen LogP) is 4.00. The molecule has 1 amide bonds. The van der Waals surface area contributed by atoms with Crippen LogP contribution in [0.1, 0.15) is 22.3 Å². The van der Waals surface area contributed by atoms with Crippen molar-refractivity contribution in [2.45, 2.75) is 13.3 Å². The molecule has 1 heterocycles. The van der Waals surface area contributed by atoms with Crippen molar-refractivity contribution in [2.24, 2.45) is 0 Å². The number of carbonyl (C=O) groups excluding carboxylic acids is 1. The number of aryl methyl sites for hydroxylation is 1. The molecule has 5 nitrogen and oxygen atoms in total. The van der Waals surface area contributed by atoms with Crippen LogP contribution in [0.4, 0.5) is 0 Å². The minimum Gasteiger partial charge on any atom is -0.436 e. The second kappa shape index (κ2) is 8.64. The summed E-state index contributed by atoms with van der Waals surface area (Å²) < 4.78 is 5.95. The Labute approximate surface area is 160 Å². The second-order valence-electron chi connectivity index (χ2n) is 6.85. The highest BCUT2D eigenvalue weighted by molar-refractivity contribution is 6.00. The maximum absolute atomic E-state index is 12.6. The monoisotopic (exact) mass is 363 g/mol. The molecule has 0 spiro atoms. The number of carbonyl (C=O) groups is 1. The summed E-state index contributed by atoms with van der Waals surface area (Å²) in [5, 5.41) is 2.97. The van der Waals surface area contributed by atoms with Gasteiger partial charge in [-0.05, 0) is 46.1 Å². The normalized spacial score (nSPS) is 11.0. The quantitative estimate of drug-likeness (QED) is 0.645. The minimum atomic E-state index is -0.112. The summed E-state index contributed by atoms with van der Waals surface area (Å²) in [4.78, 5) is 19.1. The first-order valence-corrected chi connectivity index (χ1v) is 9.10. The van der Waals surface area contributed by atoms with E-state index in [4.69, 9.17) is 4.42 Å². The van der Waals surface area contributed by atoms with Crippen LogP contribution in [0.5, 0.6) is 0 Å². The van der Waals surface area contributed by atoms with E-state index in [0.29, 0.717) is 29.3 Å². The van der Waals surface area contributed by atoms with Crippen LogP contribution in [0.3, 0.4) is 0 Å². The van der Waals surface area contributed by atoms with Crippen molar-refractivity contribution in [3.05, 3.63) is 65.9 Å². The lowest BCUT2D eigenvalue weighted by Gasteiger charge is -2.11. The molecule has 0 aliphatic carbocycles. The summed E-state index contributed by atoms with van der Waals surface area (Å²) in [5.74, 6) is 1.02. The minimum absolute atomic E-state index is 0.112. The lowest BCUT2D eigenvalue weighted by atomic mass is 10.1. The van der Waals surface area contributed by atoms with Crippen molar-refractivity contribution in [1.82, 2.24) is 15.2 Å². The van der Waals surface area contributed by atoms with E-state index in [2.05, 4.69) is 15.2 Å². The summed E-state index contributed by atoms with van der Waals surface area (Å²) in [6.07, 6.45) is 2.60. The molecule has 0 bridgehead atoms. The zero-order valence-electron chi connectivity index (χ0n) is 16.0. The molecule has 0 saturated carbocycles. The van der Waals surface area contributed by atoms with Gasteiger partial charge in [0.25, 0.3) is 5.91 Å². The van der Waals surface area contributed by atoms with Crippen LogP contribution in [0.15, 0.2) is 59.1 Å². The van der Waals surface area contributed by atoms with Crippen molar-refractivity contribution in [3.63, 3.8) is 0 Å². The van der Waals surface area contributed by atoms with E-state index in [0.717, 1.165) is 18.5 Å². The molecule has 0 atom stereocenters. The van der Waals surface area contributed by atoms with E-state index in [9.17, 15) is 4.79 Å². The van der Waals surface area contributed by atoms with Gasteiger partial charge in [0.05, 0.1) is 11.8 Å². The van der Waals surface area contributed by atoms with Crippen molar-refractivity contribution in [1.29, 1.82) is 0 Å². The third kappa shape index (κ3) is 4.83. The topological polar surface area (TPSA) is 58.4 Å².